The second-order valence-corrected chi connectivity index (χ2v) is 9.20. The van der Waals surface area contributed by atoms with Gasteiger partial charge in [0, 0.05) is 24.1 Å². The zero-order chi connectivity index (χ0) is 24.0. The lowest BCUT2D eigenvalue weighted by Crippen LogP contribution is -2.14. The molecule has 0 radical (unpaired) electrons. The third kappa shape index (κ3) is 3.76. The lowest BCUT2D eigenvalue weighted by atomic mass is 10.1. The summed E-state index contributed by atoms with van der Waals surface area (Å²) in [6.45, 7) is 12.5. The second-order valence-electron chi connectivity index (χ2n) is 9.20. The minimum Gasteiger partial charge on any atom is -0.365 e. The van der Waals surface area contributed by atoms with Crippen LogP contribution in [0.3, 0.4) is 0 Å². The van der Waals surface area contributed by atoms with E-state index in [-0.39, 0.29) is 12.1 Å². The van der Waals surface area contributed by atoms with E-state index in [2.05, 4.69) is 70.7 Å². The van der Waals surface area contributed by atoms with E-state index in [0.717, 1.165) is 39.8 Å². The smallest absolute Gasteiger partial charge is 0.203 e. The number of anilines is 1. The number of imidazole rings is 1. The molecule has 5 aromatic rings. The van der Waals surface area contributed by atoms with Gasteiger partial charge in [-0.2, -0.15) is 0 Å². The number of aryl methyl sites for hydroxylation is 1. The first-order valence-electron chi connectivity index (χ1n) is 11.6. The molecule has 0 aliphatic heterocycles. The molecule has 0 aromatic carbocycles. The van der Waals surface area contributed by atoms with E-state index in [1.165, 1.54) is 0 Å². The monoisotopic (exact) mass is 455 g/mol. The predicted octanol–water partition coefficient (Wildman–Crippen LogP) is 4.79. The molecule has 1 unspecified atom stereocenters. The molecule has 0 saturated heterocycles. The molecular formula is C25H29N9. The lowest BCUT2D eigenvalue weighted by molar-refractivity contribution is 0.642. The van der Waals surface area contributed by atoms with Crippen molar-refractivity contribution >= 4 is 22.5 Å². The average Bonchev–Trinajstić information content (AvgIpc) is 3.39. The van der Waals surface area contributed by atoms with Gasteiger partial charge < -0.3 is 9.88 Å². The van der Waals surface area contributed by atoms with Crippen LogP contribution in [0.5, 0.6) is 0 Å². The first-order valence-corrected chi connectivity index (χ1v) is 11.6. The molecule has 0 spiro atoms. The summed E-state index contributed by atoms with van der Waals surface area (Å²) < 4.78 is 4.16. The standard InChI is InChI=1S/C25H29N9/c1-14(2)19-11-22-20(12-27-19)30-24(34(22)16(5)18-9-7-8-10-26-18)21-13-33-17(6)31-32-25(33)23(29-21)28-15(3)4/h7-16H,1-6H3,(H,28,29). The van der Waals surface area contributed by atoms with Gasteiger partial charge in [-0.25, -0.2) is 9.97 Å². The van der Waals surface area contributed by atoms with Crippen molar-refractivity contribution in [1.29, 1.82) is 0 Å². The summed E-state index contributed by atoms with van der Waals surface area (Å²) in [4.78, 5) is 19.2. The summed E-state index contributed by atoms with van der Waals surface area (Å²) in [6.07, 6.45) is 5.63. The molecule has 1 atom stereocenters. The van der Waals surface area contributed by atoms with E-state index in [4.69, 9.17) is 9.97 Å². The van der Waals surface area contributed by atoms with E-state index >= 15 is 0 Å². The zero-order valence-electron chi connectivity index (χ0n) is 20.4. The van der Waals surface area contributed by atoms with Crippen molar-refractivity contribution in [3.63, 3.8) is 0 Å². The van der Waals surface area contributed by atoms with E-state index in [0.29, 0.717) is 17.4 Å². The summed E-state index contributed by atoms with van der Waals surface area (Å²) >= 11 is 0. The van der Waals surface area contributed by atoms with Gasteiger partial charge in [-0.1, -0.05) is 19.9 Å². The van der Waals surface area contributed by atoms with Crippen molar-refractivity contribution in [1.82, 2.24) is 39.1 Å². The topological polar surface area (TPSA) is 98.7 Å². The van der Waals surface area contributed by atoms with Crippen molar-refractivity contribution in [3.05, 3.63) is 60.1 Å². The molecule has 0 amide bonds. The molecule has 9 heteroatoms. The molecule has 5 rings (SSSR count). The van der Waals surface area contributed by atoms with Crippen LogP contribution in [0.15, 0.2) is 42.9 Å². The molecule has 0 aliphatic rings. The Bertz CT molecular complexity index is 1460. The van der Waals surface area contributed by atoms with E-state index in [9.17, 15) is 0 Å². The van der Waals surface area contributed by atoms with Crippen molar-refractivity contribution < 1.29 is 0 Å². The van der Waals surface area contributed by atoms with Crippen LogP contribution in [-0.2, 0) is 0 Å². The van der Waals surface area contributed by atoms with Gasteiger partial charge >= 0.3 is 0 Å². The highest BCUT2D eigenvalue weighted by molar-refractivity contribution is 5.81. The van der Waals surface area contributed by atoms with Crippen molar-refractivity contribution in [2.24, 2.45) is 0 Å². The maximum atomic E-state index is 5.00. The van der Waals surface area contributed by atoms with Crippen LogP contribution < -0.4 is 5.32 Å². The number of nitrogens with zero attached hydrogens (tertiary/aromatic N) is 8. The van der Waals surface area contributed by atoms with Gasteiger partial charge in [0.25, 0.3) is 0 Å². The van der Waals surface area contributed by atoms with Crippen LogP contribution in [-0.4, -0.2) is 45.1 Å². The van der Waals surface area contributed by atoms with Gasteiger partial charge in [0.2, 0.25) is 5.65 Å². The quantitative estimate of drug-likeness (QED) is 0.393. The Morgan fingerprint density at radius 3 is 2.47 bits per heavy atom. The number of fused-ring (bicyclic) bond motifs is 2. The van der Waals surface area contributed by atoms with E-state index < -0.39 is 0 Å². The molecular weight excluding hydrogens is 426 g/mol. The van der Waals surface area contributed by atoms with Gasteiger partial charge in [-0.3, -0.25) is 14.4 Å². The Morgan fingerprint density at radius 2 is 1.76 bits per heavy atom. The maximum Gasteiger partial charge on any atom is 0.203 e. The van der Waals surface area contributed by atoms with Crippen LogP contribution in [0.2, 0.25) is 0 Å². The normalized spacial score (nSPS) is 12.8. The fourth-order valence-corrected chi connectivity index (χ4v) is 4.14. The highest BCUT2D eigenvalue weighted by atomic mass is 15.3. The zero-order valence-corrected chi connectivity index (χ0v) is 20.4. The molecule has 34 heavy (non-hydrogen) atoms. The third-order valence-corrected chi connectivity index (χ3v) is 5.91. The molecule has 5 aromatic heterocycles. The Morgan fingerprint density at radius 1 is 0.941 bits per heavy atom. The molecule has 174 valence electrons. The van der Waals surface area contributed by atoms with E-state index in [1.54, 1.807) is 0 Å². The molecule has 0 bridgehead atoms. The minimum atomic E-state index is -0.0652. The minimum absolute atomic E-state index is 0.0652. The summed E-state index contributed by atoms with van der Waals surface area (Å²) in [6, 6.07) is 8.23. The summed E-state index contributed by atoms with van der Waals surface area (Å²) in [7, 11) is 0. The SMILES string of the molecule is Cc1nnc2c(NC(C)C)nc(-c3nc4cnc(C(C)C)cc4n3C(C)c3ccccn3)cn12. The number of hydrogen-bond acceptors (Lipinski definition) is 7. The number of pyridine rings is 2. The van der Waals surface area contributed by atoms with E-state index in [1.807, 2.05) is 48.1 Å². The van der Waals surface area contributed by atoms with Crippen LogP contribution in [0.25, 0.3) is 28.2 Å². The second kappa shape index (κ2) is 8.48. The number of nitrogens with one attached hydrogen (secondary N) is 1. The maximum absolute atomic E-state index is 5.00. The third-order valence-electron chi connectivity index (χ3n) is 5.91. The molecule has 0 saturated carbocycles. The number of aromatic nitrogens is 8. The summed E-state index contributed by atoms with van der Waals surface area (Å²) in [5.74, 6) is 2.52. The van der Waals surface area contributed by atoms with Crippen LogP contribution in [0, 0.1) is 6.92 Å². The fourth-order valence-electron chi connectivity index (χ4n) is 4.14. The number of rotatable bonds is 6. The molecule has 0 fully saturated rings. The van der Waals surface area contributed by atoms with Crippen LogP contribution in [0.1, 0.15) is 63.8 Å². The molecule has 5 heterocycles. The first-order chi connectivity index (χ1) is 16.3. The highest BCUT2D eigenvalue weighted by Gasteiger charge is 2.23. The largest absolute Gasteiger partial charge is 0.365 e. The Kier molecular flexibility index (Phi) is 5.47. The predicted molar refractivity (Wildman–Crippen MR) is 133 cm³/mol. The van der Waals surface area contributed by atoms with Crippen molar-refractivity contribution in [3.8, 4) is 11.5 Å². The molecule has 1 N–H and O–H groups in total. The summed E-state index contributed by atoms with van der Waals surface area (Å²) in [5.41, 5.74) is 5.22. The molecule has 0 aliphatic carbocycles. The van der Waals surface area contributed by atoms with Gasteiger partial charge in [0.15, 0.2) is 11.6 Å². The number of hydrogen-bond donors (Lipinski definition) is 1. The average molecular weight is 456 g/mol. The van der Waals surface area contributed by atoms with Gasteiger partial charge in [0.05, 0.1) is 23.4 Å². The van der Waals surface area contributed by atoms with Crippen LogP contribution >= 0.6 is 0 Å². The van der Waals surface area contributed by atoms with Gasteiger partial charge in [0.1, 0.15) is 17.0 Å². The lowest BCUT2D eigenvalue weighted by Gasteiger charge is -2.18. The van der Waals surface area contributed by atoms with Gasteiger partial charge in [-0.05, 0) is 51.8 Å². The summed E-state index contributed by atoms with van der Waals surface area (Å²) in [5, 5.41) is 12.0. The van der Waals surface area contributed by atoms with Crippen LogP contribution in [0.4, 0.5) is 5.82 Å². The Hall–Kier alpha value is -3.88. The fraction of sp³-hybridized carbons (Fsp3) is 0.360. The Balaban J connectivity index is 1.80. The van der Waals surface area contributed by atoms with Gasteiger partial charge in [-0.15, -0.1) is 10.2 Å². The van der Waals surface area contributed by atoms with Crippen molar-refractivity contribution in [2.45, 2.75) is 59.5 Å². The van der Waals surface area contributed by atoms with Crippen molar-refractivity contribution in [2.75, 3.05) is 5.32 Å². The highest BCUT2D eigenvalue weighted by Crippen LogP contribution is 2.32. The first kappa shape index (κ1) is 21.9. The molecule has 9 nitrogen and oxygen atoms in total. The Labute approximate surface area is 198 Å².